The molecule has 10 heteroatoms. The predicted octanol–water partition coefficient (Wildman–Crippen LogP) is 2.41. The van der Waals surface area contributed by atoms with E-state index < -0.39 is 17.4 Å². The monoisotopic (exact) mass is 456 g/mol. The van der Waals surface area contributed by atoms with Crippen molar-refractivity contribution < 1.29 is 18.6 Å². The number of ether oxygens (including phenoxy) is 1. The number of likely N-dealkylation sites (tertiary alicyclic amines) is 1. The van der Waals surface area contributed by atoms with Gasteiger partial charge in [0.1, 0.15) is 23.1 Å². The fourth-order valence-corrected chi connectivity index (χ4v) is 4.48. The Hall–Kier alpha value is -3.11. The molecule has 0 aliphatic carbocycles. The Balaban J connectivity index is 1.61. The summed E-state index contributed by atoms with van der Waals surface area (Å²) < 4.78 is 35.6. The molecule has 2 aliphatic heterocycles. The highest BCUT2D eigenvalue weighted by Gasteiger charge is 2.27. The fraction of sp³-hybridized carbons (Fsp3) is 0.435. The number of phenols is 1. The zero-order valence-electron chi connectivity index (χ0n) is 18.6. The van der Waals surface area contributed by atoms with Crippen LogP contribution in [0.1, 0.15) is 6.92 Å². The number of hydrogen-bond acceptors (Lipinski definition) is 8. The summed E-state index contributed by atoms with van der Waals surface area (Å²) in [6.07, 6.45) is 0. The van der Waals surface area contributed by atoms with E-state index in [4.69, 9.17) is 4.74 Å². The number of pyridine rings is 1. The van der Waals surface area contributed by atoms with Crippen LogP contribution in [0.2, 0.25) is 0 Å². The molecule has 0 amide bonds. The van der Waals surface area contributed by atoms with Gasteiger partial charge in [0.25, 0.3) is 0 Å². The second-order valence-corrected chi connectivity index (χ2v) is 8.80. The van der Waals surface area contributed by atoms with Crippen molar-refractivity contribution in [3.8, 4) is 23.0 Å². The lowest BCUT2D eigenvalue weighted by molar-refractivity contribution is 0.0819. The van der Waals surface area contributed by atoms with Crippen LogP contribution in [-0.4, -0.2) is 77.4 Å². The maximum Gasteiger partial charge on any atom is 0.320 e. The number of anilines is 1. The Labute approximate surface area is 190 Å². The van der Waals surface area contributed by atoms with Gasteiger partial charge in [0.05, 0.1) is 17.6 Å². The van der Waals surface area contributed by atoms with Crippen molar-refractivity contribution in [1.29, 1.82) is 0 Å². The van der Waals surface area contributed by atoms with Crippen LogP contribution in [0.3, 0.4) is 0 Å². The molecule has 0 unspecified atom stereocenters. The van der Waals surface area contributed by atoms with Crippen molar-refractivity contribution in [1.82, 2.24) is 25.2 Å². The largest absolute Gasteiger partial charge is 0.507 e. The molecular formula is C23H26F2N6O2. The molecule has 33 heavy (non-hydrogen) atoms. The molecule has 1 atom stereocenters. The highest BCUT2D eigenvalue weighted by molar-refractivity contribution is 5.90. The van der Waals surface area contributed by atoms with Crippen LogP contribution in [-0.2, 0) is 0 Å². The van der Waals surface area contributed by atoms with Crippen LogP contribution >= 0.6 is 0 Å². The highest BCUT2D eigenvalue weighted by Crippen LogP contribution is 2.36. The summed E-state index contributed by atoms with van der Waals surface area (Å²) in [6.45, 7) is 6.60. The first-order valence-corrected chi connectivity index (χ1v) is 11.1. The van der Waals surface area contributed by atoms with Crippen LogP contribution in [0.5, 0.6) is 11.8 Å². The average molecular weight is 456 g/mol. The van der Waals surface area contributed by atoms with Gasteiger partial charge in [-0.05, 0) is 32.2 Å². The molecule has 0 spiro atoms. The van der Waals surface area contributed by atoms with Gasteiger partial charge in [-0.3, -0.25) is 0 Å². The van der Waals surface area contributed by atoms with Gasteiger partial charge in [-0.15, -0.1) is 0 Å². The molecule has 0 radical (unpaired) electrons. The van der Waals surface area contributed by atoms with Crippen molar-refractivity contribution >= 4 is 16.9 Å². The van der Waals surface area contributed by atoms with Crippen LogP contribution in [0, 0.1) is 17.6 Å². The van der Waals surface area contributed by atoms with Gasteiger partial charge in [-0.25, -0.2) is 13.8 Å². The lowest BCUT2D eigenvalue weighted by atomic mass is 10.0. The van der Waals surface area contributed by atoms with Crippen LogP contribution in [0.4, 0.5) is 14.6 Å². The maximum absolute atomic E-state index is 15.2. The third-order valence-electron chi connectivity index (χ3n) is 6.19. The number of benzene rings is 1. The number of hydrogen-bond donors (Lipinski definition) is 2. The molecular weight excluding hydrogens is 430 g/mol. The predicted molar refractivity (Wildman–Crippen MR) is 121 cm³/mol. The van der Waals surface area contributed by atoms with Gasteiger partial charge in [-0.2, -0.15) is 9.97 Å². The van der Waals surface area contributed by atoms with Crippen LogP contribution in [0.25, 0.3) is 22.3 Å². The smallest absolute Gasteiger partial charge is 0.320 e. The number of nitrogens with one attached hydrogen (secondary N) is 1. The molecule has 174 valence electrons. The minimum Gasteiger partial charge on any atom is -0.507 e. The Morgan fingerprint density at radius 1 is 1.18 bits per heavy atom. The number of aromatic nitrogens is 3. The van der Waals surface area contributed by atoms with Crippen molar-refractivity contribution in [3.05, 3.63) is 35.9 Å². The first-order chi connectivity index (χ1) is 15.9. The highest BCUT2D eigenvalue weighted by atomic mass is 19.1. The standard InChI is InChI=1S/C23H26F2N6O2/c1-13-9-26-6-7-31(13)22-15-8-17(25)20(19-16(24)4-3-5-18(19)32)27-21(15)28-23(29-22)33-12-14-10-30(2)11-14/h3-5,8,13-14,26,32H,6-7,9-12H2,1-2H3/t13-/m1/s1. The maximum atomic E-state index is 15.2. The number of halogens is 2. The molecule has 3 aromatic rings. The van der Waals surface area contributed by atoms with E-state index in [0.29, 0.717) is 30.3 Å². The fourth-order valence-electron chi connectivity index (χ4n) is 4.48. The van der Waals surface area contributed by atoms with Crippen molar-refractivity contribution in [2.75, 3.05) is 51.3 Å². The number of aromatic hydroxyl groups is 1. The average Bonchev–Trinajstić information content (AvgIpc) is 2.76. The van der Waals surface area contributed by atoms with Gasteiger partial charge >= 0.3 is 6.01 Å². The number of piperazine rings is 1. The molecule has 4 heterocycles. The molecule has 1 aromatic carbocycles. The number of fused-ring (bicyclic) bond motifs is 1. The first-order valence-electron chi connectivity index (χ1n) is 11.1. The molecule has 8 nitrogen and oxygen atoms in total. The van der Waals surface area contributed by atoms with Gasteiger partial charge in [-0.1, -0.05) is 6.07 Å². The SMILES string of the molecule is C[C@@H]1CNCCN1c1nc(OCC2CN(C)C2)nc2nc(-c3c(O)cccc3F)c(F)cc12. The lowest BCUT2D eigenvalue weighted by Gasteiger charge is -2.36. The van der Waals surface area contributed by atoms with Crippen molar-refractivity contribution in [2.45, 2.75) is 13.0 Å². The van der Waals surface area contributed by atoms with E-state index in [2.05, 4.69) is 37.0 Å². The molecule has 5 rings (SSSR count). The van der Waals surface area contributed by atoms with Gasteiger partial charge in [0.2, 0.25) is 0 Å². The van der Waals surface area contributed by atoms with Crippen molar-refractivity contribution in [2.24, 2.45) is 5.92 Å². The Morgan fingerprint density at radius 2 is 2.00 bits per heavy atom. The number of nitrogens with zero attached hydrogens (tertiary/aromatic N) is 5. The van der Waals surface area contributed by atoms with E-state index in [1.807, 2.05) is 7.05 Å². The molecule has 2 saturated heterocycles. The molecule has 2 aliphatic rings. The van der Waals surface area contributed by atoms with E-state index in [1.54, 1.807) is 0 Å². The quantitative estimate of drug-likeness (QED) is 0.606. The topological polar surface area (TPSA) is 86.6 Å². The minimum atomic E-state index is -0.767. The van der Waals surface area contributed by atoms with E-state index in [-0.39, 0.29) is 29.0 Å². The number of rotatable bonds is 5. The molecule has 2 N–H and O–H groups in total. The Morgan fingerprint density at radius 3 is 2.73 bits per heavy atom. The third-order valence-corrected chi connectivity index (χ3v) is 6.19. The summed E-state index contributed by atoms with van der Waals surface area (Å²) in [7, 11) is 2.05. The van der Waals surface area contributed by atoms with Gasteiger partial charge in [0.15, 0.2) is 11.5 Å². The second-order valence-electron chi connectivity index (χ2n) is 8.80. The summed E-state index contributed by atoms with van der Waals surface area (Å²) >= 11 is 0. The minimum absolute atomic E-state index is 0.114. The van der Waals surface area contributed by atoms with E-state index in [9.17, 15) is 9.50 Å². The van der Waals surface area contributed by atoms with Crippen molar-refractivity contribution in [3.63, 3.8) is 0 Å². The molecule has 2 aromatic heterocycles. The summed E-state index contributed by atoms with van der Waals surface area (Å²) in [4.78, 5) is 17.6. The molecule has 2 fully saturated rings. The normalized spacial score (nSPS) is 19.6. The summed E-state index contributed by atoms with van der Waals surface area (Å²) in [6, 6.07) is 5.32. The van der Waals surface area contributed by atoms with E-state index in [1.165, 1.54) is 18.2 Å². The Kier molecular flexibility index (Phi) is 5.71. The third kappa shape index (κ3) is 4.16. The van der Waals surface area contributed by atoms with E-state index >= 15 is 4.39 Å². The van der Waals surface area contributed by atoms with Crippen LogP contribution < -0.4 is 15.0 Å². The number of phenolic OH excluding ortho intramolecular Hbond substituents is 1. The first kappa shape index (κ1) is 21.7. The zero-order valence-corrected chi connectivity index (χ0v) is 18.6. The summed E-state index contributed by atoms with van der Waals surface area (Å²) in [5.74, 6) is -0.997. The summed E-state index contributed by atoms with van der Waals surface area (Å²) in [5.41, 5.74) is -0.416. The molecule has 0 bridgehead atoms. The zero-order chi connectivity index (χ0) is 23.1. The van der Waals surface area contributed by atoms with Gasteiger partial charge < -0.3 is 25.0 Å². The second kappa shape index (κ2) is 8.68. The van der Waals surface area contributed by atoms with Crippen LogP contribution in [0.15, 0.2) is 24.3 Å². The summed E-state index contributed by atoms with van der Waals surface area (Å²) in [5, 5.41) is 13.9. The molecule has 0 saturated carbocycles. The van der Waals surface area contributed by atoms with Gasteiger partial charge in [0, 0.05) is 44.7 Å². The Bertz CT molecular complexity index is 1170. The van der Waals surface area contributed by atoms with E-state index in [0.717, 1.165) is 32.2 Å². The lowest BCUT2D eigenvalue weighted by Crippen LogP contribution is -2.50.